The summed E-state index contributed by atoms with van der Waals surface area (Å²) >= 11 is 0. The number of furan rings is 1. The van der Waals surface area contributed by atoms with Crippen molar-refractivity contribution in [3.63, 3.8) is 0 Å². The first kappa shape index (κ1) is 12.7. The SMILES string of the molecule is COc1ccc(C)cc1CC(N)c1coc(C)c1. The number of hydrogen-bond donors (Lipinski definition) is 1. The van der Waals surface area contributed by atoms with Crippen molar-refractivity contribution in [1.29, 1.82) is 0 Å². The number of hydrogen-bond acceptors (Lipinski definition) is 3. The minimum Gasteiger partial charge on any atom is -0.496 e. The van der Waals surface area contributed by atoms with Gasteiger partial charge in [0.25, 0.3) is 0 Å². The topological polar surface area (TPSA) is 48.4 Å². The van der Waals surface area contributed by atoms with E-state index in [9.17, 15) is 0 Å². The van der Waals surface area contributed by atoms with E-state index in [0.717, 1.165) is 29.1 Å². The number of methoxy groups -OCH3 is 1. The lowest BCUT2D eigenvalue weighted by Crippen LogP contribution is -2.13. The molecule has 0 aliphatic rings. The predicted molar refractivity (Wildman–Crippen MR) is 71.8 cm³/mol. The minimum atomic E-state index is -0.0712. The van der Waals surface area contributed by atoms with Crippen molar-refractivity contribution in [2.45, 2.75) is 26.3 Å². The van der Waals surface area contributed by atoms with E-state index in [1.807, 2.05) is 25.1 Å². The summed E-state index contributed by atoms with van der Waals surface area (Å²) in [6, 6.07) is 8.05. The van der Waals surface area contributed by atoms with Crippen LogP contribution in [0.3, 0.4) is 0 Å². The molecule has 3 nitrogen and oxygen atoms in total. The lowest BCUT2D eigenvalue weighted by atomic mass is 9.99. The molecule has 0 saturated heterocycles. The molecule has 3 heteroatoms. The quantitative estimate of drug-likeness (QED) is 0.900. The zero-order chi connectivity index (χ0) is 13.1. The molecule has 0 amide bonds. The molecule has 0 aliphatic carbocycles. The van der Waals surface area contributed by atoms with Crippen LogP contribution in [0.5, 0.6) is 5.75 Å². The molecule has 0 spiro atoms. The summed E-state index contributed by atoms with van der Waals surface area (Å²) in [4.78, 5) is 0. The third kappa shape index (κ3) is 2.74. The Balaban J connectivity index is 2.20. The number of ether oxygens (including phenoxy) is 1. The van der Waals surface area contributed by atoms with Gasteiger partial charge < -0.3 is 14.9 Å². The second kappa shape index (κ2) is 5.27. The largest absolute Gasteiger partial charge is 0.496 e. The molecule has 1 unspecified atom stereocenters. The molecule has 1 aromatic heterocycles. The van der Waals surface area contributed by atoms with Gasteiger partial charge in [0, 0.05) is 11.6 Å². The van der Waals surface area contributed by atoms with E-state index in [0.29, 0.717) is 0 Å². The maximum Gasteiger partial charge on any atom is 0.122 e. The standard InChI is InChI=1S/C15H19NO2/c1-10-4-5-15(17-3)12(6-10)8-14(16)13-7-11(2)18-9-13/h4-7,9,14H,8,16H2,1-3H3. The summed E-state index contributed by atoms with van der Waals surface area (Å²) in [5.74, 6) is 1.77. The fourth-order valence-electron chi connectivity index (χ4n) is 2.08. The fraction of sp³-hybridized carbons (Fsp3) is 0.333. The molecule has 0 fully saturated rings. The van der Waals surface area contributed by atoms with Crippen LogP contribution in [-0.2, 0) is 6.42 Å². The average molecular weight is 245 g/mol. The van der Waals surface area contributed by atoms with Crippen molar-refractivity contribution in [3.05, 3.63) is 53.0 Å². The molecular weight excluding hydrogens is 226 g/mol. The van der Waals surface area contributed by atoms with Crippen LogP contribution in [-0.4, -0.2) is 7.11 Å². The lowest BCUT2D eigenvalue weighted by Gasteiger charge is -2.13. The van der Waals surface area contributed by atoms with Crippen LogP contribution in [0.25, 0.3) is 0 Å². The normalized spacial score (nSPS) is 12.4. The predicted octanol–water partition coefficient (Wildman–Crippen LogP) is 3.15. The van der Waals surface area contributed by atoms with Gasteiger partial charge in [-0.25, -0.2) is 0 Å². The van der Waals surface area contributed by atoms with E-state index in [2.05, 4.69) is 13.0 Å². The molecule has 2 rings (SSSR count). The average Bonchev–Trinajstić information content (AvgIpc) is 2.76. The number of benzene rings is 1. The van der Waals surface area contributed by atoms with Gasteiger partial charge in [0.15, 0.2) is 0 Å². The van der Waals surface area contributed by atoms with Gasteiger partial charge in [-0.1, -0.05) is 17.7 Å². The second-order valence-corrected chi connectivity index (χ2v) is 4.62. The smallest absolute Gasteiger partial charge is 0.122 e. The van der Waals surface area contributed by atoms with Gasteiger partial charge in [0.05, 0.1) is 13.4 Å². The number of rotatable bonds is 4. The van der Waals surface area contributed by atoms with Crippen LogP contribution in [0.2, 0.25) is 0 Å². The Morgan fingerprint density at radius 2 is 2.06 bits per heavy atom. The molecule has 0 aliphatic heterocycles. The van der Waals surface area contributed by atoms with E-state index < -0.39 is 0 Å². The van der Waals surface area contributed by atoms with Crippen molar-refractivity contribution in [2.24, 2.45) is 5.73 Å². The van der Waals surface area contributed by atoms with Crippen molar-refractivity contribution >= 4 is 0 Å². The summed E-state index contributed by atoms with van der Waals surface area (Å²) in [7, 11) is 1.68. The molecule has 1 heterocycles. The fourth-order valence-corrected chi connectivity index (χ4v) is 2.08. The first-order valence-electron chi connectivity index (χ1n) is 6.04. The summed E-state index contributed by atoms with van der Waals surface area (Å²) in [5.41, 5.74) is 9.56. The number of aryl methyl sites for hydroxylation is 2. The van der Waals surface area contributed by atoms with Gasteiger partial charge in [-0.05, 0) is 38.0 Å². The number of nitrogens with two attached hydrogens (primary N) is 1. The van der Waals surface area contributed by atoms with E-state index in [-0.39, 0.29) is 6.04 Å². The Morgan fingerprint density at radius 1 is 1.28 bits per heavy atom. The van der Waals surface area contributed by atoms with Crippen LogP contribution in [0.4, 0.5) is 0 Å². The third-order valence-electron chi connectivity index (χ3n) is 3.05. The molecule has 96 valence electrons. The van der Waals surface area contributed by atoms with E-state index >= 15 is 0 Å². The van der Waals surface area contributed by atoms with Crippen molar-refractivity contribution < 1.29 is 9.15 Å². The highest BCUT2D eigenvalue weighted by Crippen LogP contribution is 2.25. The molecule has 18 heavy (non-hydrogen) atoms. The molecule has 1 atom stereocenters. The highest BCUT2D eigenvalue weighted by Gasteiger charge is 2.12. The summed E-state index contributed by atoms with van der Waals surface area (Å²) in [6.07, 6.45) is 2.46. The van der Waals surface area contributed by atoms with E-state index in [1.54, 1.807) is 13.4 Å². The highest BCUT2D eigenvalue weighted by atomic mass is 16.5. The molecule has 0 bridgehead atoms. The summed E-state index contributed by atoms with van der Waals surface area (Å²) in [5, 5.41) is 0. The van der Waals surface area contributed by atoms with Gasteiger partial charge in [-0.15, -0.1) is 0 Å². The van der Waals surface area contributed by atoms with Crippen molar-refractivity contribution in [1.82, 2.24) is 0 Å². The first-order chi connectivity index (χ1) is 8.60. The van der Waals surface area contributed by atoms with E-state index in [1.165, 1.54) is 5.56 Å². The molecule has 0 saturated carbocycles. The Morgan fingerprint density at radius 3 is 2.67 bits per heavy atom. The Bertz CT molecular complexity index is 531. The first-order valence-corrected chi connectivity index (χ1v) is 6.04. The maximum absolute atomic E-state index is 6.20. The molecular formula is C15H19NO2. The molecule has 2 aromatic rings. The van der Waals surface area contributed by atoms with Crippen LogP contribution in [0.15, 0.2) is 34.9 Å². The van der Waals surface area contributed by atoms with Crippen molar-refractivity contribution in [2.75, 3.05) is 7.11 Å². The van der Waals surface area contributed by atoms with E-state index in [4.69, 9.17) is 14.9 Å². The van der Waals surface area contributed by atoms with Gasteiger partial charge in [-0.3, -0.25) is 0 Å². The van der Waals surface area contributed by atoms with Crippen LogP contribution >= 0.6 is 0 Å². The van der Waals surface area contributed by atoms with Gasteiger partial charge >= 0.3 is 0 Å². The highest BCUT2D eigenvalue weighted by molar-refractivity contribution is 5.38. The van der Waals surface area contributed by atoms with Crippen LogP contribution < -0.4 is 10.5 Å². The maximum atomic E-state index is 6.20. The van der Waals surface area contributed by atoms with Crippen LogP contribution in [0.1, 0.15) is 28.5 Å². The Hall–Kier alpha value is -1.74. The monoisotopic (exact) mass is 245 g/mol. The zero-order valence-corrected chi connectivity index (χ0v) is 11.1. The lowest BCUT2D eigenvalue weighted by molar-refractivity contribution is 0.408. The zero-order valence-electron chi connectivity index (χ0n) is 11.1. The Kier molecular flexibility index (Phi) is 3.72. The summed E-state index contributed by atoms with van der Waals surface area (Å²) in [6.45, 7) is 3.99. The molecule has 1 aromatic carbocycles. The molecule has 0 radical (unpaired) electrons. The van der Waals surface area contributed by atoms with Gasteiger partial charge in [-0.2, -0.15) is 0 Å². The third-order valence-corrected chi connectivity index (χ3v) is 3.05. The van der Waals surface area contributed by atoms with Crippen molar-refractivity contribution in [3.8, 4) is 5.75 Å². The minimum absolute atomic E-state index is 0.0712. The molecule has 2 N–H and O–H groups in total. The van der Waals surface area contributed by atoms with Gasteiger partial charge in [0.2, 0.25) is 0 Å². The second-order valence-electron chi connectivity index (χ2n) is 4.62. The summed E-state index contributed by atoms with van der Waals surface area (Å²) < 4.78 is 10.7. The van der Waals surface area contributed by atoms with Gasteiger partial charge in [0.1, 0.15) is 11.5 Å². The van der Waals surface area contributed by atoms with Crippen LogP contribution in [0, 0.1) is 13.8 Å². The Labute approximate surface area is 108 Å².